The van der Waals surface area contributed by atoms with Gasteiger partial charge in [0.25, 0.3) is 0 Å². The van der Waals surface area contributed by atoms with Gasteiger partial charge in [0, 0.05) is 11.1 Å². The van der Waals surface area contributed by atoms with E-state index in [9.17, 15) is 9.59 Å². The molecule has 1 aliphatic rings. The molecule has 1 aliphatic heterocycles. The van der Waals surface area contributed by atoms with E-state index in [-0.39, 0.29) is 6.61 Å². The van der Waals surface area contributed by atoms with E-state index in [1.165, 1.54) is 7.11 Å². The molecular weight excluding hydrogens is 448 g/mol. The molecule has 0 saturated carbocycles. The van der Waals surface area contributed by atoms with E-state index in [0.29, 0.717) is 28.7 Å². The number of methoxy groups -OCH3 is 1. The molecule has 2 heterocycles. The summed E-state index contributed by atoms with van der Waals surface area (Å²) < 4.78 is 21.9. The van der Waals surface area contributed by atoms with Crippen LogP contribution in [0.5, 0.6) is 5.75 Å². The summed E-state index contributed by atoms with van der Waals surface area (Å²) in [6.07, 6.45) is -1.29. The first-order valence-electron chi connectivity index (χ1n) is 11.0. The van der Waals surface area contributed by atoms with Crippen LogP contribution in [-0.4, -0.2) is 30.8 Å². The van der Waals surface area contributed by atoms with Crippen LogP contribution in [0, 0.1) is 0 Å². The number of amides is 1. The number of oxazole rings is 1. The summed E-state index contributed by atoms with van der Waals surface area (Å²) in [5.41, 5.74) is 3.09. The zero-order chi connectivity index (χ0) is 24.2. The number of carbonyl (C=O) groups excluding carboxylic acids is 2. The Hall–Kier alpha value is -4.59. The molecule has 0 bridgehead atoms. The Morgan fingerprint density at radius 3 is 2.40 bits per heavy atom. The first-order chi connectivity index (χ1) is 17.1. The monoisotopic (exact) mass is 470 g/mol. The number of esters is 1. The van der Waals surface area contributed by atoms with Gasteiger partial charge in [0.05, 0.1) is 7.11 Å². The number of nitrogens with one attached hydrogen (secondary N) is 1. The average molecular weight is 470 g/mol. The quantitative estimate of drug-likeness (QED) is 0.376. The standard InChI is InChI=1S/C27H22N2O6/c1-32-21(30)16-33-20-14-8-13-19(15-20)25-23(29-27(31)35-25)26-28-22(17-9-4-2-5-10-17)24(34-26)18-11-6-3-7-12-18/h2-15,23,25H,16H2,1H3,(H,29,31). The molecular formula is C27H22N2O6. The molecule has 1 fully saturated rings. The molecule has 1 N–H and O–H groups in total. The van der Waals surface area contributed by atoms with E-state index >= 15 is 0 Å². The number of alkyl carbamates (subject to hydrolysis) is 1. The number of carbonyl (C=O) groups is 2. The highest BCUT2D eigenvalue weighted by atomic mass is 16.6. The van der Waals surface area contributed by atoms with Crippen molar-refractivity contribution in [3.8, 4) is 28.3 Å². The summed E-state index contributed by atoms with van der Waals surface area (Å²) in [4.78, 5) is 28.5. The van der Waals surface area contributed by atoms with Gasteiger partial charge in [0.1, 0.15) is 17.5 Å². The van der Waals surface area contributed by atoms with Gasteiger partial charge in [-0.25, -0.2) is 14.6 Å². The van der Waals surface area contributed by atoms with Gasteiger partial charge < -0.3 is 23.9 Å². The van der Waals surface area contributed by atoms with Crippen LogP contribution < -0.4 is 10.1 Å². The molecule has 8 heteroatoms. The highest BCUT2D eigenvalue weighted by Crippen LogP contribution is 2.41. The number of rotatable bonds is 7. The Morgan fingerprint density at radius 2 is 1.69 bits per heavy atom. The first kappa shape index (κ1) is 22.2. The maximum atomic E-state index is 12.3. The Kier molecular flexibility index (Phi) is 6.17. The number of cyclic esters (lactones) is 1. The molecule has 8 nitrogen and oxygen atoms in total. The largest absolute Gasteiger partial charge is 0.482 e. The van der Waals surface area contributed by atoms with Crippen LogP contribution >= 0.6 is 0 Å². The lowest BCUT2D eigenvalue weighted by atomic mass is 10.0. The van der Waals surface area contributed by atoms with Crippen LogP contribution in [-0.2, 0) is 14.3 Å². The molecule has 176 valence electrons. The number of ether oxygens (including phenoxy) is 3. The lowest BCUT2D eigenvalue weighted by molar-refractivity contribution is -0.142. The number of hydrogen-bond acceptors (Lipinski definition) is 7. The van der Waals surface area contributed by atoms with Crippen LogP contribution in [0.25, 0.3) is 22.6 Å². The Bertz CT molecular complexity index is 1280. The van der Waals surface area contributed by atoms with Gasteiger partial charge in [-0.1, -0.05) is 72.8 Å². The van der Waals surface area contributed by atoms with Crippen molar-refractivity contribution in [2.45, 2.75) is 12.1 Å². The zero-order valence-corrected chi connectivity index (χ0v) is 18.8. The highest BCUT2D eigenvalue weighted by Gasteiger charge is 2.40. The molecule has 35 heavy (non-hydrogen) atoms. The Balaban J connectivity index is 1.51. The maximum absolute atomic E-state index is 12.3. The van der Waals surface area contributed by atoms with E-state index in [1.54, 1.807) is 18.2 Å². The van der Waals surface area contributed by atoms with Crippen LogP contribution in [0.1, 0.15) is 23.6 Å². The third kappa shape index (κ3) is 4.72. The second-order valence-electron chi connectivity index (χ2n) is 7.85. The number of aromatic nitrogens is 1. The topological polar surface area (TPSA) is 99.9 Å². The second-order valence-corrected chi connectivity index (χ2v) is 7.85. The van der Waals surface area contributed by atoms with Gasteiger partial charge in [-0.2, -0.15) is 0 Å². The molecule has 2 unspecified atom stereocenters. The molecule has 2 atom stereocenters. The second kappa shape index (κ2) is 9.72. The van der Waals surface area contributed by atoms with E-state index in [1.807, 2.05) is 66.7 Å². The first-order valence-corrected chi connectivity index (χ1v) is 11.0. The van der Waals surface area contributed by atoms with Crippen LogP contribution in [0.4, 0.5) is 4.79 Å². The predicted molar refractivity (Wildman–Crippen MR) is 126 cm³/mol. The summed E-state index contributed by atoms with van der Waals surface area (Å²) in [5, 5.41) is 2.81. The third-order valence-electron chi connectivity index (χ3n) is 5.57. The summed E-state index contributed by atoms with van der Waals surface area (Å²) in [6.45, 7) is -0.229. The van der Waals surface area contributed by atoms with Crippen molar-refractivity contribution < 1.29 is 28.2 Å². The maximum Gasteiger partial charge on any atom is 0.408 e. The normalized spacial score (nSPS) is 16.9. The molecule has 0 radical (unpaired) electrons. The van der Waals surface area contributed by atoms with E-state index in [2.05, 4.69) is 10.1 Å². The van der Waals surface area contributed by atoms with Gasteiger partial charge in [-0.15, -0.1) is 0 Å². The van der Waals surface area contributed by atoms with Gasteiger partial charge in [-0.3, -0.25) is 0 Å². The van der Waals surface area contributed by atoms with Crippen LogP contribution in [0.15, 0.2) is 89.3 Å². The molecule has 3 aromatic carbocycles. The minimum absolute atomic E-state index is 0.229. The minimum atomic E-state index is -0.713. The number of benzene rings is 3. The fourth-order valence-corrected chi connectivity index (χ4v) is 3.90. The summed E-state index contributed by atoms with van der Waals surface area (Å²) in [6, 6.07) is 25.7. The van der Waals surface area contributed by atoms with Gasteiger partial charge in [-0.05, 0) is 17.7 Å². The van der Waals surface area contributed by atoms with Gasteiger partial charge in [0.15, 0.2) is 18.5 Å². The molecule has 4 aromatic rings. The number of hydrogen-bond donors (Lipinski definition) is 1. The van der Waals surface area contributed by atoms with Gasteiger partial charge in [0.2, 0.25) is 5.89 Å². The lowest BCUT2D eigenvalue weighted by Gasteiger charge is -2.15. The van der Waals surface area contributed by atoms with Crippen LogP contribution in [0.3, 0.4) is 0 Å². The minimum Gasteiger partial charge on any atom is -0.482 e. The summed E-state index contributed by atoms with van der Waals surface area (Å²) >= 11 is 0. The SMILES string of the molecule is COC(=O)COc1cccc(C2OC(=O)NC2c2nc(-c3ccccc3)c(-c3ccccc3)o2)c1. The van der Waals surface area contributed by atoms with Crippen molar-refractivity contribution in [3.05, 3.63) is 96.4 Å². The molecule has 1 aromatic heterocycles. The van der Waals surface area contributed by atoms with Crippen molar-refractivity contribution in [1.82, 2.24) is 10.3 Å². The van der Waals surface area contributed by atoms with Gasteiger partial charge >= 0.3 is 12.1 Å². The molecule has 0 spiro atoms. The highest BCUT2D eigenvalue weighted by molar-refractivity contribution is 5.77. The Labute approximate surface area is 201 Å². The van der Waals surface area contributed by atoms with E-state index in [4.69, 9.17) is 18.9 Å². The Morgan fingerprint density at radius 1 is 0.971 bits per heavy atom. The molecule has 1 amide bonds. The van der Waals surface area contributed by atoms with E-state index < -0.39 is 24.2 Å². The zero-order valence-electron chi connectivity index (χ0n) is 18.8. The van der Waals surface area contributed by atoms with Crippen molar-refractivity contribution in [2.75, 3.05) is 13.7 Å². The lowest BCUT2D eigenvalue weighted by Crippen LogP contribution is -2.20. The van der Waals surface area contributed by atoms with Crippen molar-refractivity contribution in [3.63, 3.8) is 0 Å². The fraction of sp³-hybridized carbons (Fsp3) is 0.148. The molecule has 5 rings (SSSR count). The third-order valence-corrected chi connectivity index (χ3v) is 5.57. The number of nitrogens with zero attached hydrogens (tertiary/aromatic N) is 1. The summed E-state index contributed by atoms with van der Waals surface area (Å²) in [7, 11) is 1.29. The van der Waals surface area contributed by atoms with Crippen LogP contribution in [0.2, 0.25) is 0 Å². The molecule has 0 aliphatic carbocycles. The van der Waals surface area contributed by atoms with Crippen molar-refractivity contribution >= 4 is 12.1 Å². The smallest absolute Gasteiger partial charge is 0.408 e. The average Bonchev–Trinajstić information content (AvgIpc) is 3.52. The van der Waals surface area contributed by atoms with E-state index in [0.717, 1.165) is 11.1 Å². The van der Waals surface area contributed by atoms with Crippen molar-refractivity contribution in [1.29, 1.82) is 0 Å². The summed E-state index contributed by atoms with van der Waals surface area (Å²) in [5.74, 6) is 0.863. The van der Waals surface area contributed by atoms with Crippen molar-refractivity contribution in [2.24, 2.45) is 0 Å². The fourth-order valence-electron chi connectivity index (χ4n) is 3.90. The molecule has 1 saturated heterocycles. The predicted octanol–water partition coefficient (Wildman–Crippen LogP) is 5.08.